The highest BCUT2D eigenvalue weighted by Crippen LogP contribution is 2.03. The van der Waals surface area contributed by atoms with E-state index in [0.717, 1.165) is 0 Å². The molecule has 0 aliphatic heterocycles. The minimum atomic E-state index is 0.354. The maximum atomic E-state index is 3.91. The van der Waals surface area contributed by atoms with E-state index in [1.807, 2.05) is 16.8 Å². The van der Waals surface area contributed by atoms with Gasteiger partial charge in [0.15, 0.2) is 0 Å². The summed E-state index contributed by atoms with van der Waals surface area (Å²) < 4.78 is 1.99. The summed E-state index contributed by atoms with van der Waals surface area (Å²) in [5.41, 5.74) is 0. The molecule has 0 bridgehead atoms. The number of aromatic nitrogens is 2. The van der Waals surface area contributed by atoms with Crippen LogP contribution in [-0.2, 0) is 0 Å². The zero-order valence-corrected chi connectivity index (χ0v) is 5.49. The molecule has 9 heavy (non-hydrogen) atoms. The largest absolute Gasteiger partial charge is 0.331 e. The van der Waals surface area contributed by atoms with Gasteiger partial charge in [0.05, 0.1) is 6.33 Å². The zero-order valence-electron chi connectivity index (χ0n) is 5.49. The lowest BCUT2D eigenvalue weighted by atomic mass is 10.3. The van der Waals surface area contributed by atoms with E-state index in [9.17, 15) is 0 Å². The summed E-state index contributed by atoms with van der Waals surface area (Å²) in [5.74, 6) is 0. The minimum Gasteiger partial charge on any atom is -0.331 e. The van der Waals surface area contributed by atoms with E-state index >= 15 is 0 Å². The molecule has 0 saturated heterocycles. The van der Waals surface area contributed by atoms with Crippen LogP contribution in [0.4, 0.5) is 0 Å². The molecule has 0 spiro atoms. The van der Waals surface area contributed by atoms with E-state index in [0.29, 0.717) is 6.04 Å². The summed E-state index contributed by atoms with van der Waals surface area (Å²) >= 11 is 0. The van der Waals surface area contributed by atoms with Crippen LogP contribution in [0.25, 0.3) is 0 Å². The highest BCUT2D eigenvalue weighted by Gasteiger charge is 1.93. The van der Waals surface area contributed by atoms with E-state index in [4.69, 9.17) is 0 Å². The standard InChI is InChI=1S/C7H10N2/c1-3-7(2)9-5-4-8-6-9/h3-7H,1H2,2H3/t7-/m1/s1. The van der Waals surface area contributed by atoms with Crippen molar-refractivity contribution in [3.8, 4) is 0 Å². The first kappa shape index (κ1) is 6.08. The maximum absolute atomic E-state index is 3.91. The Morgan fingerprint density at radius 1 is 1.78 bits per heavy atom. The first-order valence-electron chi connectivity index (χ1n) is 2.94. The molecule has 0 aliphatic rings. The number of nitrogens with zero attached hydrogens (tertiary/aromatic N) is 2. The topological polar surface area (TPSA) is 17.8 Å². The SMILES string of the molecule is C=C[C@@H](C)n1ccnc1. The van der Waals surface area contributed by atoms with Crippen molar-refractivity contribution >= 4 is 0 Å². The van der Waals surface area contributed by atoms with Crippen LogP contribution >= 0.6 is 0 Å². The van der Waals surface area contributed by atoms with Crippen LogP contribution in [0.3, 0.4) is 0 Å². The predicted octanol–water partition coefficient (Wildman–Crippen LogP) is 1.63. The van der Waals surface area contributed by atoms with E-state index in [1.165, 1.54) is 0 Å². The Hall–Kier alpha value is -1.05. The first-order valence-corrected chi connectivity index (χ1v) is 2.94. The van der Waals surface area contributed by atoms with Crippen LogP contribution in [0.5, 0.6) is 0 Å². The van der Waals surface area contributed by atoms with Crippen molar-refractivity contribution in [3.63, 3.8) is 0 Å². The summed E-state index contributed by atoms with van der Waals surface area (Å²) in [6.07, 6.45) is 7.35. The Balaban J connectivity index is 2.76. The molecule has 1 aromatic heterocycles. The van der Waals surface area contributed by atoms with Gasteiger partial charge in [-0.25, -0.2) is 4.98 Å². The summed E-state index contributed by atoms with van der Waals surface area (Å²) in [4.78, 5) is 3.91. The van der Waals surface area contributed by atoms with Crippen LogP contribution in [0.2, 0.25) is 0 Å². The van der Waals surface area contributed by atoms with Crippen LogP contribution < -0.4 is 0 Å². The molecule has 0 aromatic carbocycles. The quantitative estimate of drug-likeness (QED) is 0.545. The second-order valence-corrected chi connectivity index (χ2v) is 1.99. The fourth-order valence-electron chi connectivity index (χ4n) is 0.632. The molecule has 0 saturated carbocycles. The van der Waals surface area contributed by atoms with Gasteiger partial charge in [0.2, 0.25) is 0 Å². The average molecular weight is 122 g/mol. The van der Waals surface area contributed by atoms with E-state index in [1.54, 1.807) is 12.5 Å². The van der Waals surface area contributed by atoms with Gasteiger partial charge in [0.1, 0.15) is 0 Å². The minimum absolute atomic E-state index is 0.354. The lowest BCUT2D eigenvalue weighted by Crippen LogP contribution is -1.96. The lowest BCUT2D eigenvalue weighted by molar-refractivity contribution is 0.661. The Kier molecular flexibility index (Phi) is 1.68. The molecule has 2 nitrogen and oxygen atoms in total. The third-order valence-electron chi connectivity index (χ3n) is 1.34. The van der Waals surface area contributed by atoms with Crippen molar-refractivity contribution in [2.24, 2.45) is 0 Å². The molecule has 2 heteroatoms. The fourth-order valence-corrected chi connectivity index (χ4v) is 0.632. The molecule has 48 valence electrons. The monoisotopic (exact) mass is 122 g/mol. The fraction of sp³-hybridized carbons (Fsp3) is 0.286. The molecule has 1 heterocycles. The zero-order chi connectivity index (χ0) is 6.69. The lowest BCUT2D eigenvalue weighted by Gasteiger charge is -2.04. The van der Waals surface area contributed by atoms with E-state index < -0.39 is 0 Å². The molecule has 0 fully saturated rings. The van der Waals surface area contributed by atoms with Gasteiger partial charge in [-0.2, -0.15) is 0 Å². The molecule has 1 atom stereocenters. The number of hydrogen-bond donors (Lipinski definition) is 0. The molecule has 0 N–H and O–H groups in total. The normalized spacial score (nSPS) is 13.0. The summed E-state index contributed by atoms with van der Waals surface area (Å²) in [5, 5.41) is 0. The smallest absolute Gasteiger partial charge is 0.0951 e. The van der Waals surface area contributed by atoms with Crippen molar-refractivity contribution in [2.45, 2.75) is 13.0 Å². The molecule has 0 aliphatic carbocycles. The maximum Gasteiger partial charge on any atom is 0.0951 e. The number of rotatable bonds is 2. The molecule has 0 radical (unpaired) electrons. The predicted molar refractivity (Wildman–Crippen MR) is 37.1 cm³/mol. The van der Waals surface area contributed by atoms with Crippen molar-refractivity contribution in [1.82, 2.24) is 9.55 Å². The highest BCUT2D eigenvalue weighted by atomic mass is 15.0. The van der Waals surface area contributed by atoms with Gasteiger partial charge >= 0.3 is 0 Å². The van der Waals surface area contributed by atoms with Gasteiger partial charge in [0, 0.05) is 18.4 Å². The number of imidazole rings is 1. The average Bonchev–Trinajstić information content (AvgIpc) is 2.37. The second kappa shape index (κ2) is 2.49. The Labute approximate surface area is 54.8 Å². The van der Waals surface area contributed by atoms with Gasteiger partial charge in [-0.3, -0.25) is 0 Å². The third kappa shape index (κ3) is 1.19. The Morgan fingerprint density at radius 3 is 3.00 bits per heavy atom. The van der Waals surface area contributed by atoms with Crippen molar-refractivity contribution in [3.05, 3.63) is 31.4 Å². The molecule has 1 rings (SSSR count). The van der Waals surface area contributed by atoms with Gasteiger partial charge in [-0.15, -0.1) is 6.58 Å². The Morgan fingerprint density at radius 2 is 2.56 bits per heavy atom. The van der Waals surface area contributed by atoms with Gasteiger partial charge in [-0.05, 0) is 6.92 Å². The van der Waals surface area contributed by atoms with Crippen molar-refractivity contribution < 1.29 is 0 Å². The van der Waals surface area contributed by atoms with Gasteiger partial charge in [-0.1, -0.05) is 6.08 Å². The van der Waals surface area contributed by atoms with Crippen molar-refractivity contribution in [2.75, 3.05) is 0 Å². The van der Waals surface area contributed by atoms with Crippen LogP contribution in [-0.4, -0.2) is 9.55 Å². The number of allylic oxidation sites excluding steroid dienone is 1. The molecular formula is C7H10N2. The third-order valence-corrected chi connectivity index (χ3v) is 1.34. The van der Waals surface area contributed by atoms with Crippen LogP contribution in [0, 0.1) is 0 Å². The van der Waals surface area contributed by atoms with Crippen molar-refractivity contribution in [1.29, 1.82) is 0 Å². The van der Waals surface area contributed by atoms with Gasteiger partial charge in [0.25, 0.3) is 0 Å². The Bertz CT molecular complexity index is 177. The van der Waals surface area contributed by atoms with Gasteiger partial charge < -0.3 is 4.57 Å². The summed E-state index contributed by atoms with van der Waals surface area (Å²) in [6, 6.07) is 0.354. The van der Waals surface area contributed by atoms with E-state index in [-0.39, 0.29) is 0 Å². The first-order chi connectivity index (χ1) is 4.34. The molecule has 0 unspecified atom stereocenters. The summed E-state index contributed by atoms with van der Waals surface area (Å²) in [6.45, 7) is 5.73. The summed E-state index contributed by atoms with van der Waals surface area (Å²) in [7, 11) is 0. The van der Waals surface area contributed by atoms with Crippen LogP contribution in [0.1, 0.15) is 13.0 Å². The molecule has 0 amide bonds. The highest BCUT2D eigenvalue weighted by molar-refractivity contribution is 4.86. The molecule has 1 aromatic rings. The molecular weight excluding hydrogens is 112 g/mol. The number of hydrogen-bond acceptors (Lipinski definition) is 1. The second-order valence-electron chi connectivity index (χ2n) is 1.99. The van der Waals surface area contributed by atoms with Crippen LogP contribution in [0.15, 0.2) is 31.4 Å². The van der Waals surface area contributed by atoms with E-state index in [2.05, 4.69) is 18.5 Å².